The molecule has 0 bridgehead atoms. The van der Waals surface area contributed by atoms with Crippen LogP contribution < -0.4 is 5.32 Å². The Morgan fingerprint density at radius 1 is 1.44 bits per heavy atom. The molecule has 18 heavy (non-hydrogen) atoms. The summed E-state index contributed by atoms with van der Waals surface area (Å²) in [6.07, 6.45) is 0.722. The third-order valence-corrected chi connectivity index (χ3v) is 3.49. The molecule has 0 radical (unpaired) electrons. The molecule has 2 atom stereocenters. The van der Waals surface area contributed by atoms with Gasteiger partial charge in [0.25, 0.3) is 0 Å². The fourth-order valence-electron chi connectivity index (χ4n) is 2.46. The largest absolute Gasteiger partial charge is 0.480 e. The van der Waals surface area contributed by atoms with Crippen molar-refractivity contribution >= 4 is 17.8 Å². The molecule has 0 aliphatic carbocycles. The average Bonchev–Trinajstić information content (AvgIpc) is 2.74. The second kappa shape index (κ2) is 4.93. The van der Waals surface area contributed by atoms with Gasteiger partial charge in [0.05, 0.1) is 5.92 Å². The number of piperazine rings is 1. The van der Waals surface area contributed by atoms with E-state index in [4.69, 9.17) is 5.11 Å². The standard InChI is InChI=1S/C11H17N3O4/c1-13-3-2-7(5-13)10(16)14-6-9(15)12-4-8(14)11(17)18/h7-8H,2-6H2,1H3,(H,12,15)(H,17,18). The number of likely N-dealkylation sites (tertiary alicyclic amines) is 1. The molecule has 2 unspecified atom stereocenters. The molecule has 2 fully saturated rings. The van der Waals surface area contributed by atoms with Gasteiger partial charge < -0.3 is 20.2 Å². The van der Waals surface area contributed by atoms with Crippen molar-refractivity contribution in [1.29, 1.82) is 0 Å². The number of nitrogens with zero attached hydrogens (tertiary/aromatic N) is 2. The predicted octanol–water partition coefficient (Wildman–Crippen LogP) is -1.65. The maximum atomic E-state index is 12.3. The van der Waals surface area contributed by atoms with Gasteiger partial charge in [-0.3, -0.25) is 9.59 Å². The highest BCUT2D eigenvalue weighted by molar-refractivity contribution is 5.92. The monoisotopic (exact) mass is 255 g/mol. The van der Waals surface area contributed by atoms with Crippen molar-refractivity contribution in [2.24, 2.45) is 5.92 Å². The highest BCUT2D eigenvalue weighted by Crippen LogP contribution is 2.19. The van der Waals surface area contributed by atoms with Gasteiger partial charge in [0, 0.05) is 13.1 Å². The number of nitrogens with one attached hydrogen (secondary N) is 1. The Morgan fingerprint density at radius 3 is 2.72 bits per heavy atom. The van der Waals surface area contributed by atoms with Gasteiger partial charge in [-0.05, 0) is 20.0 Å². The Hall–Kier alpha value is -1.63. The van der Waals surface area contributed by atoms with Crippen molar-refractivity contribution in [2.75, 3.05) is 33.2 Å². The van der Waals surface area contributed by atoms with Crippen LogP contribution in [0.2, 0.25) is 0 Å². The van der Waals surface area contributed by atoms with E-state index >= 15 is 0 Å². The van der Waals surface area contributed by atoms with Crippen LogP contribution in [-0.2, 0) is 14.4 Å². The number of rotatable bonds is 2. The lowest BCUT2D eigenvalue weighted by atomic mass is 10.0. The summed E-state index contributed by atoms with van der Waals surface area (Å²) >= 11 is 0. The van der Waals surface area contributed by atoms with Gasteiger partial charge in [0.2, 0.25) is 11.8 Å². The van der Waals surface area contributed by atoms with Crippen molar-refractivity contribution in [2.45, 2.75) is 12.5 Å². The lowest BCUT2D eigenvalue weighted by Gasteiger charge is -2.34. The number of carboxylic acids is 1. The van der Waals surface area contributed by atoms with E-state index < -0.39 is 12.0 Å². The van der Waals surface area contributed by atoms with E-state index in [1.807, 2.05) is 11.9 Å². The van der Waals surface area contributed by atoms with Crippen molar-refractivity contribution in [3.05, 3.63) is 0 Å². The zero-order chi connectivity index (χ0) is 13.3. The maximum absolute atomic E-state index is 12.3. The molecule has 2 heterocycles. The first-order valence-corrected chi connectivity index (χ1v) is 5.97. The molecular formula is C11H17N3O4. The third-order valence-electron chi connectivity index (χ3n) is 3.49. The summed E-state index contributed by atoms with van der Waals surface area (Å²) in [7, 11) is 1.92. The molecule has 2 amide bonds. The predicted molar refractivity (Wildman–Crippen MR) is 61.8 cm³/mol. The molecule has 2 aliphatic rings. The first kappa shape index (κ1) is 12.8. The quantitative estimate of drug-likeness (QED) is 0.617. The summed E-state index contributed by atoms with van der Waals surface area (Å²) < 4.78 is 0. The first-order valence-electron chi connectivity index (χ1n) is 5.97. The van der Waals surface area contributed by atoms with Crippen LogP contribution in [0.25, 0.3) is 0 Å². The van der Waals surface area contributed by atoms with Crippen LogP contribution in [0.5, 0.6) is 0 Å². The van der Waals surface area contributed by atoms with Crippen molar-refractivity contribution in [3.8, 4) is 0 Å². The summed E-state index contributed by atoms with van der Waals surface area (Å²) in [5, 5.41) is 11.6. The first-order chi connectivity index (χ1) is 8.49. The molecule has 0 aromatic heterocycles. The second-order valence-corrected chi connectivity index (χ2v) is 4.87. The Kier molecular flexibility index (Phi) is 3.51. The number of carbonyl (C=O) groups is 3. The minimum Gasteiger partial charge on any atom is -0.480 e. The molecule has 2 rings (SSSR count). The van der Waals surface area contributed by atoms with Gasteiger partial charge in [-0.2, -0.15) is 0 Å². The molecular weight excluding hydrogens is 238 g/mol. The number of aliphatic carboxylic acids is 1. The number of hydrogen-bond donors (Lipinski definition) is 2. The molecule has 100 valence electrons. The van der Waals surface area contributed by atoms with E-state index in [2.05, 4.69) is 5.32 Å². The molecule has 0 aromatic carbocycles. The summed E-state index contributed by atoms with van der Waals surface area (Å²) in [5.74, 6) is -1.79. The fourth-order valence-corrected chi connectivity index (χ4v) is 2.46. The Bertz CT molecular complexity index is 384. The average molecular weight is 255 g/mol. The summed E-state index contributed by atoms with van der Waals surface area (Å²) in [4.78, 5) is 37.9. The second-order valence-electron chi connectivity index (χ2n) is 4.87. The Balaban J connectivity index is 2.09. The van der Waals surface area contributed by atoms with E-state index in [1.165, 1.54) is 4.90 Å². The fraction of sp³-hybridized carbons (Fsp3) is 0.727. The van der Waals surface area contributed by atoms with E-state index in [1.54, 1.807) is 0 Å². The van der Waals surface area contributed by atoms with E-state index in [9.17, 15) is 14.4 Å². The number of hydrogen-bond acceptors (Lipinski definition) is 4. The SMILES string of the molecule is CN1CCC(C(=O)N2CC(=O)NCC2C(=O)O)C1. The number of carbonyl (C=O) groups excluding carboxylic acids is 2. The Morgan fingerprint density at radius 2 is 2.17 bits per heavy atom. The molecule has 7 heteroatoms. The zero-order valence-corrected chi connectivity index (χ0v) is 10.3. The van der Waals surface area contributed by atoms with Crippen LogP contribution in [-0.4, -0.2) is 72.0 Å². The summed E-state index contributed by atoms with van der Waals surface area (Å²) in [6.45, 7) is 1.29. The normalized spacial score (nSPS) is 29.2. The van der Waals surface area contributed by atoms with Crippen LogP contribution in [0.15, 0.2) is 0 Å². The van der Waals surface area contributed by atoms with Crippen LogP contribution in [0, 0.1) is 5.92 Å². The van der Waals surface area contributed by atoms with Crippen LogP contribution in [0.4, 0.5) is 0 Å². The molecule has 0 saturated carbocycles. The maximum Gasteiger partial charge on any atom is 0.328 e. The van der Waals surface area contributed by atoms with Gasteiger partial charge in [-0.25, -0.2) is 4.79 Å². The molecule has 2 saturated heterocycles. The summed E-state index contributed by atoms with van der Waals surface area (Å²) in [6, 6.07) is -0.943. The van der Waals surface area contributed by atoms with Crippen LogP contribution >= 0.6 is 0 Å². The van der Waals surface area contributed by atoms with Crippen molar-refractivity contribution < 1.29 is 19.5 Å². The lowest BCUT2D eigenvalue weighted by molar-refractivity contribution is -0.155. The van der Waals surface area contributed by atoms with Crippen LogP contribution in [0.3, 0.4) is 0 Å². The van der Waals surface area contributed by atoms with Gasteiger partial charge in [0.15, 0.2) is 0 Å². The molecule has 2 N–H and O–H groups in total. The molecule has 0 aromatic rings. The highest BCUT2D eigenvalue weighted by atomic mass is 16.4. The lowest BCUT2D eigenvalue weighted by Crippen LogP contribution is -2.60. The zero-order valence-electron chi connectivity index (χ0n) is 10.3. The molecule has 7 nitrogen and oxygen atoms in total. The number of carboxylic acid groups (broad SMARTS) is 1. The van der Waals surface area contributed by atoms with Crippen molar-refractivity contribution in [3.63, 3.8) is 0 Å². The summed E-state index contributed by atoms with van der Waals surface area (Å²) in [5.41, 5.74) is 0. The van der Waals surface area contributed by atoms with Gasteiger partial charge >= 0.3 is 5.97 Å². The van der Waals surface area contributed by atoms with Gasteiger partial charge in [-0.1, -0.05) is 0 Å². The smallest absolute Gasteiger partial charge is 0.328 e. The van der Waals surface area contributed by atoms with E-state index in [0.29, 0.717) is 6.54 Å². The topological polar surface area (TPSA) is 90.0 Å². The van der Waals surface area contributed by atoms with E-state index in [-0.39, 0.29) is 30.8 Å². The van der Waals surface area contributed by atoms with Crippen molar-refractivity contribution in [1.82, 2.24) is 15.1 Å². The third kappa shape index (κ3) is 2.45. The molecule has 2 aliphatic heterocycles. The minimum absolute atomic E-state index is 0.0114. The molecule has 0 spiro atoms. The number of amides is 2. The van der Waals surface area contributed by atoms with Crippen LogP contribution in [0.1, 0.15) is 6.42 Å². The Labute approximate surface area is 105 Å². The highest BCUT2D eigenvalue weighted by Gasteiger charge is 2.39. The van der Waals surface area contributed by atoms with E-state index in [0.717, 1.165) is 13.0 Å². The minimum atomic E-state index is -1.07. The van der Waals surface area contributed by atoms with Gasteiger partial charge in [-0.15, -0.1) is 0 Å². The van der Waals surface area contributed by atoms with Gasteiger partial charge in [0.1, 0.15) is 12.6 Å².